The number of carbonyl (C=O) groups is 1. The van der Waals surface area contributed by atoms with Crippen molar-refractivity contribution in [2.24, 2.45) is 11.7 Å². The molecule has 1 aliphatic carbocycles. The van der Waals surface area contributed by atoms with E-state index in [0.717, 1.165) is 49.8 Å². The Labute approximate surface area is 198 Å². The molecule has 1 saturated carbocycles. The predicted octanol–water partition coefficient (Wildman–Crippen LogP) is 5.58. The summed E-state index contributed by atoms with van der Waals surface area (Å²) in [7, 11) is 2.25. The van der Waals surface area contributed by atoms with Crippen LogP contribution in [-0.2, 0) is 16.6 Å². The molecule has 1 aliphatic rings. The van der Waals surface area contributed by atoms with Gasteiger partial charge in [-0.2, -0.15) is 0 Å². The van der Waals surface area contributed by atoms with Crippen LogP contribution >= 0.6 is 0 Å². The highest BCUT2D eigenvalue weighted by atomic mass is 16.1. The van der Waals surface area contributed by atoms with Crippen molar-refractivity contribution in [1.82, 2.24) is 4.90 Å². The van der Waals surface area contributed by atoms with Crippen LogP contribution in [0.15, 0.2) is 91.0 Å². The van der Waals surface area contributed by atoms with Crippen LogP contribution in [0.3, 0.4) is 0 Å². The first-order valence-corrected chi connectivity index (χ1v) is 12.3. The van der Waals surface area contributed by atoms with Gasteiger partial charge in [0.1, 0.15) is 5.41 Å². The number of hydrogen-bond donors (Lipinski definition) is 1. The van der Waals surface area contributed by atoms with Crippen molar-refractivity contribution < 1.29 is 4.79 Å². The molecule has 172 valence electrons. The van der Waals surface area contributed by atoms with Gasteiger partial charge in [0.2, 0.25) is 5.91 Å². The Balaban J connectivity index is 1.56. The van der Waals surface area contributed by atoms with Crippen LogP contribution in [0, 0.1) is 5.92 Å². The molecule has 1 fully saturated rings. The molecule has 0 bridgehead atoms. The minimum Gasteiger partial charge on any atom is -0.369 e. The van der Waals surface area contributed by atoms with E-state index in [9.17, 15) is 4.79 Å². The first-order chi connectivity index (χ1) is 16.1. The molecule has 1 amide bonds. The summed E-state index contributed by atoms with van der Waals surface area (Å²) in [5, 5.41) is 0. The van der Waals surface area contributed by atoms with Crippen molar-refractivity contribution in [3.63, 3.8) is 0 Å². The molecule has 3 nitrogen and oxygen atoms in total. The van der Waals surface area contributed by atoms with Crippen LogP contribution in [0.2, 0.25) is 0 Å². The number of benzene rings is 3. The lowest BCUT2D eigenvalue weighted by atomic mass is 9.60. The van der Waals surface area contributed by atoms with Crippen molar-refractivity contribution in [2.75, 3.05) is 13.6 Å². The summed E-state index contributed by atoms with van der Waals surface area (Å²) in [6.07, 6.45) is 6.53. The molecule has 3 heteroatoms. The van der Waals surface area contributed by atoms with E-state index in [1.807, 2.05) is 36.4 Å². The number of primary amides is 1. The monoisotopic (exact) mass is 440 g/mol. The maximum Gasteiger partial charge on any atom is 0.232 e. The minimum atomic E-state index is -0.800. The predicted molar refractivity (Wildman–Crippen MR) is 136 cm³/mol. The molecule has 3 aromatic carbocycles. The summed E-state index contributed by atoms with van der Waals surface area (Å²) in [5.74, 6) is -0.0626. The molecule has 2 N–H and O–H groups in total. The molecule has 0 spiro atoms. The molecule has 2 unspecified atom stereocenters. The van der Waals surface area contributed by atoms with Crippen molar-refractivity contribution >= 4 is 5.91 Å². The van der Waals surface area contributed by atoms with Crippen molar-refractivity contribution in [2.45, 2.75) is 50.0 Å². The maximum absolute atomic E-state index is 13.3. The molecule has 0 aromatic heterocycles. The van der Waals surface area contributed by atoms with E-state index < -0.39 is 5.41 Å². The third-order valence-electron chi connectivity index (χ3n) is 7.55. The van der Waals surface area contributed by atoms with Gasteiger partial charge in [0.05, 0.1) is 0 Å². The van der Waals surface area contributed by atoms with Crippen molar-refractivity contribution in [3.8, 4) is 0 Å². The van der Waals surface area contributed by atoms with Gasteiger partial charge < -0.3 is 10.6 Å². The Hall–Kier alpha value is -2.91. The number of amides is 1. The van der Waals surface area contributed by atoms with Crippen LogP contribution < -0.4 is 5.73 Å². The van der Waals surface area contributed by atoms with E-state index in [4.69, 9.17) is 5.73 Å². The lowest BCUT2D eigenvalue weighted by Crippen LogP contribution is -2.51. The summed E-state index contributed by atoms with van der Waals surface area (Å²) in [4.78, 5) is 15.8. The summed E-state index contributed by atoms with van der Waals surface area (Å²) in [6.45, 7) is 1.06. The second kappa shape index (κ2) is 10.8. The number of carbonyl (C=O) groups excluding carboxylic acids is 1. The van der Waals surface area contributed by atoms with Gasteiger partial charge in [-0.3, -0.25) is 4.79 Å². The van der Waals surface area contributed by atoms with Crippen LogP contribution in [0.5, 0.6) is 0 Å². The van der Waals surface area contributed by atoms with E-state index in [1.54, 1.807) is 0 Å². The van der Waals surface area contributed by atoms with Crippen LogP contribution in [0.1, 0.15) is 48.8 Å². The Kier molecular flexibility index (Phi) is 7.61. The number of rotatable bonds is 9. The maximum atomic E-state index is 13.3. The van der Waals surface area contributed by atoms with Crippen molar-refractivity contribution in [3.05, 3.63) is 108 Å². The Morgan fingerprint density at radius 3 is 1.97 bits per heavy atom. The quantitative estimate of drug-likeness (QED) is 0.472. The summed E-state index contributed by atoms with van der Waals surface area (Å²) >= 11 is 0. The molecule has 4 rings (SSSR count). The zero-order valence-electron chi connectivity index (χ0n) is 19.7. The SMILES string of the molecule is CN(CCCc1ccccc1)C1CCCC(C(C(N)=O)(c2ccccc2)c2ccccc2)C1. The lowest BCUT2D eigenvalue weighted by Gasteiger charge is -2.45. The lowest BCUT2D eigenvalue weighted by molar-refractivity contribution is -0.124. The molecule has 0 aliphatic heterocycles. The van der Waals surface area contributed by atoms with Gasteiger partial charge in [0.15, 0.2) is 0 Å². The Bertz CT molecular complexity index is 964. The largest absolute Gasteiger partial charge is 0.369 e. The highest BCUT2D eigenvalue weighted by Crippen LogP contribution is 2.46. The van der Waals surface area contributed by atoms with Crippen LogP contribution in [0.25, 0.3) is 0 Å². The zero-order valence-corrected chi connectivity index (χ0v) is 19.7. The Morgan fingerprint density at radius 1 is 0.879 bits per heavy atom. The van der Waals surface area contributed by atoms with Gasteiger partial charge in [0, 0.05) is 6.04 Å². The van der Waals surface area contributed by atoms with Crippen LogP contribution in [0.4, 0.5) is 0 Å². The van der Waals surface area contributed by atoms with E-state index >= 15 is 0 Å². The van der Waals surface area contributed by atoms with E-state index in [-0.39, 0.29) is 11.8 Å². The van der Waals surface area contributed by atoms with E-state index in [2.05, 4.69) is 66.5 Å². The number of nitrogens with two attached hydrogens (primary N) is 1. The topological polar surface area (TPSA) is 46.3 Å². The third kappa shape index (κ3) is 5.04. The minimum absolute atomic E-state index is 0.176. The van der Waals surface area contributed by atoms with Gasteiger partial charge in [0.25, 0.3) is 0 Å². The van der Waals surface area contributed by atoms with Gasteiger partial charge in [-0.15, -0.1) is 0 Å². The molecular weight excluding hydrogens is 404 g/mol. The highest BCUT2D eigenvalue weighted by molar-refractivity contribution is 5.91. The second-order valence-electron chi connectivity index (χ2n) is 9.49. The average Bonchev–Trinajstić information content (AvgIpc) is 2.86. The van der Waals surface area contributed by atoms with Crippen molar-refractivity contribution in [1.29, 1.82) is 0 Å². The molecule has 0 radical (unpaired) electrons. The summed E-state index contributed by atoms with van der Waals surface area (Å²) < 4.78 is 0. The van der Waals surface area contributed by atoms with Gasteiger partial charge in [-0.05, 0) is 68.3 Å². The fourth-order valence-corrected chi connectivity index (χ4v) is 5.84. The normalized spacial score (nSPS) is 18.8. The molecule has 2 atom stereocenters. The molecule has 0 heterocycles. The van der Waals surface area contributed by atoms with Gasteiger partial charge >= 0.3 is 0 Å². The highest BCUT2D eigenvalue weighted by Gasteiger charge is 2.48. The number of aryl methyl sites for hydroxylation is 1. The fraction of sp³-hybridized carbons (Fsp3) is 0.367. The van der Waals surface area contributed by atoms with Gasteiger partial charge in [-0.25, -0.2) is 0 Å². The standard InChI is InChI=1S/C30H36N2O/c1-32(22-12-15-24-13-5-2-6-14-24)28-21-11-20-27(23-28)30(29(31)33,25-16-7-3-8-17-25)26-18-9-4-10-19-26/h2-10,13-14,16-19,27-28H,11-12,15,20-23H2,1H3,(H2,31,33). The Morgan fingerprint density at radius 2 is 1.42 bits per heavy atom. The smallest absolute Gasteiger partial charge is 0.232 e. The summed E-state index contributed by atoms with van der Waals surface area (Å²) in [5.41, 5.74) is 8.91. The molecule has 3 aromatic rings. The first kappa shape index (κ1) is 23.3. The van der Waals surface area contributed by atoms with Crippen LogP contribution in [-0.4, -0.2) is 30.4 Å². The second-order valence-corrected chi connectivity index (χ2v) is 9.49. The molecule has 0 saturated heterocycles. The third-order valence-corrected chi connectivity index (χ3v) is 7.55. The van der Waals surface area contributed by atoms with E-state index in [0.29, 0.717) is 6.04 Å². The number of nitrogens with zero attached hydrogens (tertiary/aromatic N) is 1. The molecule has 33 heavy (non-hydrogen) atoms. The average molecular weight is 441 g/mol. The fourth-order valence-electron chi connectivity index (χ4n) is 5.84. The zero-order chi connectivity index (χ0) is 23.1. The molecular formula is C30H36N2O. The van der Waals surface area contributed by atoms with Gasteiger partial charge in [-0.1, -0.05) is 97.4 Å². The van der Waals surface area contributed by atoms with E-state index in [1.165, 1.54) is 12.0 Å². The summed E-state index contributed by atoms with van der Waals surface area (Å²) in [6, 6.07) is 31.6. The first-order valence-electron chi connectivity index (χ1n) is 12.3. The number of hydrogen-bond acceptors (Lipinski definition) is 2.